The maximum Gasteiger partial charge on any atom is 0.305 e. The summed E-state index contributed by atoms with van der Waals surface area (Å²) in [5.41, 5.74) is 0. The molecule has 0 aromatic carbocycles. The van der Waals surface area contributed by atoms with Crippen LogP contribution in [0.5, 0.6) is 0 Å². The number of hydrogen-bond donors (Lipinski definition) is 1. The summed E-state index contributed by atoms with van der Waals surface area (Å²) >= 11 is 0. The molecule has 0 aromatic rings. The van der Waals surface area contributed by atoms with E-state index in [4.69, 9.17) is 5.11 Å². The quantitative estimate of drug-likeness (QED) is 0.0469. The highest BCUT2D eigenvalue weighted by Gasteiger charge is 2.41. The van der Waals surface area contributed by atoms with Gasteiger partial charge < -0.3 is 9.84 Å². The highest BCUT2D eigenvalue weighted by Crippen LogP contribution is 2.38. The molecule has 0 spiro atoms. The predicted octanol–water partition coefficient (Wildman–Crippen LogP) is 12.4. The van der Waals surface area contributed by atoms with Gasteiger partial charge in [-0.25, -0.2) is 0 Å². The van der Waals surface area contributed by atoms with E-state index in [1.54, 1.807) is 0 Å². The van der Waals surface area contributed by atoms with Crippen LogP contribution in [0.15, 0.2) is 0 Å². The largest absolute Gasteiger partial charge is 0.481 e. The first-order valence-corrected chi connectivity index (χ1v) is 20.3. The molecule has 0 amide bonds. The number of hydrogen-bond acceptors (Lipinski definition) is 7. The average molecular weight is 811 g/mol. The monoisotopic (exact) mass is 811 g/mol. The van der Waals surface area contributed by atoms with E-state index < -0.39 is 29.4 Å². The van der Waals surface area contributed by atoms with E-state index in [9.17, 15) is 46.3 Å². The second-order valence-electron chi connectivity index (χ2n) is 15.2. The fourth-order valence-corrected chi connectivity index (χ4v) is 7.60. The predicted molar refractivity (Wildman–Crippen MR) is 215 cm³/mol. The van der Waals surface area contributed by atoms with E-state index in [-0.39, 0.29) is 95.6 Å². The number of carboxylic acids is 1. The standard InChI is InChI=1S/C21H34F2O4.C20H32F2O4.3CH4/c1-3-4-15-21(22,23)19(25)14-12-16-11-13-18(24)17(16)9-7-5-6-8-10-20(26)27-2;1-2-3-14-20(21,22)18(24)13-11-15-10-12-17(23)16(15)8-6-4-5-7-9-19(25)26;;;/h16-17H,3-15H2,1-2H3;15-16H,2-14H2,1H3,(H,25,26);3*1H4/t16-,17-;15-,16-;;;/m11.../s1. The first-order valence-electron chi connectivity index (χ1n) is 20.3. The summed E-state index contributed by atoms with van der Waals surface area (Å²) < 4.78 is 59.7. The molecule has 2 saturated carbocycles. The van der Waals surface area contributed by atoms with Crippen LogP contribution in [0.2, 0.25) is 0 Å². The minimum Gasteiger partial charge on any atom is -0.481 e. The van der Waals surface area contributed by atoms with Crippen molar-refractivity contribution in [2.45, 2.75) is 215 Å². The molecule has 2 aliphatic rings. The van der Waals surface area contributed by atoms with Gasteiger partial charge in [0.15, 0.2) is 0 Å². The number of carbonyl (C=O) groups excluding carboxylic acids is 5. The Morgan fingerprint density at radius 3 is 1.32 bits per heavy atom. The molecule has 12 heteroatoms. The number of alkyl halides is 4. The molecular formula is C44H78F4O8. The second kappa shape index (κ2) is 31.3. The SMILES string of the molecule is C.C.C.CCCCC(F)(F)C(=O)CC[C@H]1CCC(=O)[C@@H]1CCCCCCC(=O)O.CCCCC(F)(F)C(=O)CC[C@H]1CCC(=O)[C@@H]1CCCCCCC(=O)OC. The first-order chi connectivity index (χ1) is 25.1. The number of aliphatic carboxylic acids is 1. The lowest BCUT2D eigenvalue weighted by Crippen LogP contribution is -2.29. The zero-order valence-corrected chi connectivity index (χ0v) is 32.5. The summed E-state index contributed by atoms with van der Waals surface area (Å²) in [6.45, 7) is 3.64. The molecule has 0 heterocycles. The van der Waals surface area contributed by atoms with Gasteiger partial charge in [-0.15, -0.1) is 0 Å². The van der Waals surface area contributed by atoms with Gasteiger partial charge in [0.25, 0.3) is 0 Å². The van der Waals surface area contributed by atoms with Crippen molar-refractivity contribution in [1.29, 1.82) is 0 Å². The maximum atomic E-state index is 13.8. The van der Waals surface area contributed by atoms with Crippen molar-refractivity contribution in [3.63, 3.8) is 0 Å². The van der Waals surface area contributed by atoms with Crippen LogP contribution in [-0.4, -0.2) is 59.1 Å². The number of unbranched alkanes of at least 4 members (excludes halogenated alkanes) is 8. The molecule has 1 N–H and O–H groups in total. The third-order valence-corrected chi connectivity index (χ3v) is 11.0. The lowest BCUT2D eigenvalue weighted by Gasteiger charge is -2.20. The molecule has 0 aromatic heterocycles. The van der Waals surface area contributed by atoms with Crippen LogP contribution < -0.4 is 0 Å². The topological polar surface area (TPSA) is 132 Å². The van der Waals surface area contributed by atoms with Crippen LogP contribution in [-0.2, 0) is 33.5 Å². The molecule has 0 aliphatic heterocycles. The molecule has 56 heavy (non-hydrogen) atoms. The van der Waals surface area contributed by atoms with Crippen molar-refractivity contribution in [3.8, 4) is 0 Å². The van der Waals surface area contributed by atoms with Gasteiger partial charge >= 0.3 is 23.8 Å². The van der Waals surface area contributed by atoms with Crippen molar-refractivity contribution in [1.82, 2.24) is 0 Å². The number of ketones is 4. The molecule has 2 rings (SSSR count). The maximum absolute atomic E-state index is 13.8. The fourth-order valence-electron chi connectivity index (χ4n) is 7.60. The number of esters is 1. The van der Waals surface area contributed by atoms with Crippen molar-refractivity contribution < 1.29 is 56.2 Å². The molecular weight excluding hydrogens is 732 g/mol. The Labute approximate surface area is 336 Å². The van der Waals surface area contributed by atoms with Crippen LogP contribution in [0.25, 0.3) is 0 Å². The number of carboxylic acid groups (broad SMARTS) is 1. The zero-order chi connectivity index (χ0) is 39.9. The highest BCUT2D eigenvalue weighted by atomic mass is 19.3. The van der Waals surface area contributed by atoms with E-state index in [2.05, 4.69) is 4.74 Å². The molecule has 4 atom stereocenters. The molecule has 0 bridgehead atoms. The number of ether oxygens (including phenoxy) is 1. The van der Waals surface area contributed by atoms with Crippen molar-refractivity contribution in [2.75, 3.05) is 7.11 Å². The van der Waals surface area contributed by atoms with Gasteiger partial charge in [-0.1, -0.05) is 87.5 Å². The average Bonchev–Trinajstić information content (AvgIpc) is 3.66. The smallest absolute Gasteiger partial charge is 0.305 e. The lowest BCUT2D eigenvalue weighted by atomic mass is 9.85. The van der Waals surface area contributed by atoms with Crippen LogP contribution in [0.1, 0.15) is 203 Å². The van der Waals surface area contributed by atoms with E-state index in [1.807, 2.05) is 13.8 Å². The summed E-state index contributed by atoms with van der Waals surface area (Å²) in [5, 5.41) is 8.60. The summed E-state index contributed by atoms with van der Waals surface area (Å²) in [6.07, 6.45) is 12.8. The van der Waals surface area contributed by atoms with Gasteiger partial charge in [-0.2, -0.15) is 17.6 Å². The minimum atomic E-state index is -3.24. The van der Waals surface area contributed by atoms with E-state index in [0.717, 1.165) is 57.8 Å². The van der Waals surface area contributed by atoms with Gasteiger partial charge in [0.1, 0.15) is 11.6 Å². The minimum absolute atomic E-state index is 0. The summed E-state index contributed by atoms with van der Waals surface area (Å²) in [7, 11) is 1.37. The Morgan fingerprint density at radius 1 is 0.589 bits per heavy atom. The van der Waals surface area contributed by atoms with E-state index in [1.165, 1.54) is 7.11 Å². The number of Topliss-reactive ketones (excluding diaryl/α,β-unsaturated/α-hetero) is 4. The Kier molecular flexibility index (Phi) is 32.3. The molecule has 0 radical (unpaired) electrons. The van der Waals surface area contributed by atoms with Crippen LogP contribution in [0.4, 0.5) is 17.6 Å². The van der Waals surface area contributed by atoms with Crippen LogP contribution in [0, 0.1) is 23.7 Å². The third-order valence-electron chi connectivity index (χ3n) is 11.0. The summed E-state index contributed by atoms with van der Waals surface area (Å²) in [4.78, 5) is 69.4. The first kappa shape index (κ1) is 57.7. The zero-order valence-electron chi connectivity index (χ0n) is 32.5. The van der Waals surface area contributed by atoms with Crippen LogP contribution >= 0.6 is 0 Å². The van der Waals surface area contributed by atoms with Gasteiger partial charge in [-0.05, 0) is 76.0 Å². The Hall–Kier alpha value is -2.66. The Morgan fingerprint density at radius 2 is 0.964 bits per heavy atom. The van der Waals surface area contributed by atoms with E-state index in [0.29, 0.717) is 77.0 Å². The molecule has 0 saturated heterocycles. The normalized spacial score (nSPS) is 19.2. The third kappa shape index (κ3) is 22.9. The van der Waals surface area contributed by atoms with Gasteiger partial charge in [0, 0.05) is 63.2 Å². The summed E-state index contributed by atoms with van der Waals surface area (Å²) in [5.74, 6) is -9.16. The number of methoxy groups -OCH3 is 1. The fraction of sp³-hybridized carbons (Fsp3) is 0.864. The number of halogens is 4. The van der Waals surface area contributed by atoms with Gasteiger partial charge in [-0.3, -0.25) is 28.8 Å². The van der Waals surface area contributed by atoms with E-state index >= 15 is 0 Å². The molecule has 2 aliphatic carbocycles. The number of rotatable bonds is 28. The molecule has 8 nitrogen and oxygen atoms in total. The van der Waals surface area contributed by atoms with Gasteiger partial charge in [0.2, 0.25) is 11.6 Å². The molecule has 0 unspecified atom stereocenters. The lowest BCUT2D eigenvalue weighted by molar-refractivity contribution is -0.144. The Bertz CT molecular complexity index is 1140. The van der Waals surface area contributed by atoms with Crippen molar-refractivity contribution >= 4 is 35.1 Å². The number of carbonyl (C=O) groups is 6. The Balaban J connectivity index is -0.000000953. The molecule has 330 valence electrons. The van der Waals surface area contributed by atoms with Gasteiger partial charge in [0.05, 0.1) is 7.11 Å². The van der Waals surface area contributed by atoms with Crippen molar-refractivity contribution in [2.24, 2.45) is 23.7 Å². The summed E-state index contributed by atoms with van der Waals surface area (Å²) in [6, 6.07) is 0. The molecule has 2 fully saturated rings. The highest BCUT2D eigenvalue weighted by molar-refractivity contribution is 5.87. The second-order valence-corrected chi connectivity index (χ2v) is 15.2. The van der Waals surface area contributed by atoms with Crippen molar-refractivity contribution in [3.05, 3.63) is 0 Å². The van der Waals surface area contributed by atoms with Crippen LogP contribution in [0.3, 0.4) is 0 Å².